The van der Waals surface area contributed by atoms with Gasteiger partial charge in [0, 0.05) is 17.6 Å². The number of nitrogens with one attached hydrogen (secondary N) is 1. The summed E-state index contributed by atoms with van der Waals surface area (Å²) >= 11 is 1.09. The molecular weight excluding hydrogens is 270 g/mol. The van der Waals surface area contributed by atoms with Gasteiger partial charge in [-0.15, -0.1) is 5.10 Å². The maximum atomic E-state index is 10.9. The third-order valence-electron chi connectivity index (χ3n) is 2.36. The van der Waals surface area contributed by atoms with Gasteiger partial charge in [0.2, 0.25) is 0 Å². The molecule has 100 valence electrons. The number of nitrogens with zero attached hydrogens (tertiary/aromatic N) is 3. The summed E-state index contributed by atoms with van der Waals surface area (Å²) in [7, 11) is 0. The van der Waals surface area contributed by atoms with Gasteiger partial charge in [-0.2, -0.15) is 0 Å². The maximum absolute atomic E-state index is 10.9. The molecule has 1 aromatic carbocycles. The van der Waals surface area contributed by atoms with Gasteiger partial charge < -0.3 is 10.2 Å². The van der Waals surface area contributed by atoms with Crippen molar-refractivity contribution < 1.29 is 9.66 Å². The van der Waals surface area contributed by atoms with E-state index in [9.17, 15) is 10.1 Å². The third-order valence-corrected chi connectivity index (χ3v) is 3.06. The molecule has 0 fully saturated rings. The molecule has 0 atom stereocenters. The highest BCUT2D eigenvalue weighted by Crippen LogP contribution is 2.29. The van der Waals surface area contributed by atoms with Crippen LogP contribution in [0.5, 0.6) is 5.75 Å². The Morgan fingerprint density at radius 1 is 1.58 bits per heavy atom. The monoisotopic (exact) mass is 281 g/mol. The van der Waals surface area contributed by atoms with Crippen LogP contribution in [0.25, 0.3) is 0 Å². The number of nitro benzene ring substituents is 1. The minimum atomic E-state index is -0.490. The number of hydrazine groups is 1. The molecule has 3 N–H and O–H groups in total. The van der Waals surface area contributed by atoms with E-state index in [-0.39, 0.29) is 18.0 Å². The average Bonchev–Trinajstić information content (AvgIpc) is 2.83. The third kappa shape index (κ3) is 2.95. The van der Waals surface area contributed by atoms with Crippen LogP contribution in [0.2, 0.25) is 0 Å². The fourth-order valence-electron chi connectivity index (χ4n) is 1.45. The number of hydrogen-bond donors (Lipinski definition) is 2. The Labute approximate surface area is 112 Å². The molecule has 0 radical (unpaired) electrons. The predicted molar refractivity (Wildman–Crippen MR) is 69.9 cm³/mol. The SMILES string of the molecule is Cc1ccc([N+](=O)[O-])c(OCc2nnsc2NN)c1. The first-order chi connectivity index (χ1) is 9.11. The van der Waals surface area contributed by atoms with Gasteiger partial charge in [0.05, 0.1) is 4.92 Å². The van der Waals surface area contributed by atoms with Crippen molar-refractivity contribution >= 4 is 22.2 Å². The normalized spacial score (nSPS) is 10.2. The van der Waals surface area contributed by atoms with E-state index < -0.39 is 4.92 Å². The lowest BCUT2D eigenvalue weighted by atomic mass is 10.2. The number of aryl methyl sites for hydroxylation is 1. The summed E-state index contributed by atoms with van der Waals surface area (Å²) in [5.74, 6) is 5.48. The smallest absolute Gasteiger partial charge is 0.310 e. The molecule has 2 rings (SSSR count). The Bertz CT molecular complexity index is 601. The van der Waals surface area contributed by atoms with Crippen molar-refractivity contribution in [3.8, 4) is 5.75 Å². The van der Waals surface area contributed by atoms with E-state index in [0.717, 1.165) is 17.1 Å². The lowest BCUT2D eigenvalue weighted by molar-refractivity contribution is -0.386. The standard InChI is InChI=1S/C10H11N5O3S/c1-6-2-3-8(15(16)17)9(4-6)18-5-7-10(12-11)19-14-13-7/h2-4,12H,5,11H2,1H3. The molecule has 0 saturated heterocycles. The number of ether oxygens (including phenoxy) is 1. The Kier molecular flexibility index (Phi) is 3.88. The summed E-state index contributed by atoms with van der Waals surface area (Å²) in [6, 6.07) is 4.67. The summed E-state index contributed by atoms with van der Waals surface area (Å²) in [6.45, 7) is 1.88. The summed E-state index contributed by atoms with van der Waals surface area (Å²) < 4.78 is 9.15. The first-order valence-electron chi connectivity index (χ1n) is 5.27. The predicted octanol–water partition coefficient (Wildman–Crippen LogP) is 1.62. The van der Waals surface area contributed by atoms with Crippen LogP contribution in [-0.2, 0) is 6.61 Å². The van der Waals surface area contributed by atoms with Crippen molar-refractivity contribution in [3.63, 3.8) is 0 Å². The zero-order chi connectivity index (χ0) is 13.8. The second-order valence-corrected chi connectivity index (χ2v) is 4.46. The minimum Gasteiger partial charge on any atom is -0.480 e. The highest BCUT2D eigenvalue weighted by Gasteiger charge is 2.16. The quantitative estimate of drug-likeness (QED) is 0.486. The summed E-state index contributed by atoms with van der Waals surface area (Å²) in [6.07, 6.45) is 0. The number of rotatable bonds is 5. The lowest BCUT2D eigenvalue weighted by Crippen LogP contribution is -2.09. The highest BCUT2D eigenvalue weighted by atomic mass is 32.1. The topological polar surface area (TPSA) is 116 Å². The van der Waals surface area contributed by atoms with E-state index in [1.807, 2.05) is 6.92 Å². The van der Waals surface area contributed by atoms with E-state index in [1.54, 1.807) is 12.1 Å². The van der Waals surface area contributed by atoms with E-state index in [0.29, 0.717) is 10.7 Å². The molecule has 19 heavy (non-hydrogen) atoms. The molecule has 1 heterocycles. The maximum Gasteiger partial charge on any atom is 0.310 e. The van der Waals surface area contributed by atoms with Crippen molar-refractivity contribution in [1.29, 1.82) is 0 Å². The Morgan fingerprint density at radius 3 is 3.05 bits per heavy atom. The molecule has 0 unspecified atom stereocenters. The van der Waals surface area contributed by atoms with Gasteiger partial charge in [0.15, 0.2) is 10.8 Å². The molecule has 8 nitrogen and oxygen atoms in total. The van der Waals surface area contributed by atoms with Crippen LogP contribution in [0.15, 0.2) is 18.2 Å². The summed E-state index contributed by atoms with van der Waals surface area (Å²) in [5.41, 5.74) is 3.73. The molecule has 0 spiro atoms. The highest BCUT2D eigenvalue weighted by molar-refractivity contribution is 7.10. The molecule has 0 aliphatic rings. The first kappa shape index (κ1) is 13.2. The van der Waals surface area contributed by atoms with Crippen molar-refractivity contribution in [3.05, 3.63) is 39.6 Å². The Hall–Kier alpha value is -2.26. The van der Waals surface area contributed by atoms with Crippen LogP contribution >= 0.6 is 11.5 Å². The number of hydrogen-bond acceptors (Lipinski definition) is 8. The zero-order valence-electron chi connectivity index (χ0n) is 9.99. The second kappa shape index (κ2) is 5.59. The van der Waals surface area contributed by atoms with Crippen molar-refractivity contribution in [2.45, 2.75) is 13.5 Å². The van der Waals surface area contributed by atoms with Crippen LogP contribution < -0.4 is 16.0 Å². The number of aromatic nitrogens is 2. The Morgan fingerprint density at radius 2 is 2.37 bits per heavy atom. The molecule has 2 aromatic rings. The first-order valence-corrected chi connectivity index (χ1v) is 6.05. The molecule has 9 heteroatoms. The van der Waals surface area contributed by atoms with Gasteiger partial charge in [-0.25, -0.2) is 5.84 Å². The minimum absolute atomic E-state index is 0.0559. The summed E-state index contributed by atoms with van der Waals surface area (Å²) in [5, 5.41) is 15.3. The number of benzene rings is 1. The van der Waals surface area contributed by atoms with E-state index in [1.165, 1.54) is 6.07 Å². The van der Waals surface area contributed by atoms with Crippen molar-refractivity contribution in [2.24, 2.45) is 5.84 Å². The molecule has 0 amide bonds. The second-order valence-electron chi connectivity index (χ2n) is 3.71. The van der Waals surface area contributed by atoms with E-state index in [2.05, 4.69) is 15.0 Å². The number of anilines is 1. The van der Waals surface area contributed by atoms with Crippen LogP contribution in [0.3, 0.4) is 0 Å². The molecule has 0 bridgehead atoms. The van der Waals surface area contributed by atoms with E-state index >= 15 is 0 Å². The van der Waals surface area contributed by atoms with Crippen LogP contribution in [-0.4, -0.2) is 14.5 Å². The largest absolute Gasteiger partial charge is 0.480 e. The van der Waals surface area contributed by atoms with Crippen molar-refractivity contribution in [2.75, 3.05) is 5.43 Å². The Balaban J connectivity index is 2.19. The average molecular weight is 281 g/mol. The number of nitrogens with two attached hydrogens (primary N) is 1. The summed E-state index contributed by atoms with van der Waals surface area (Å²) in [4.78, 5) is 10.4. The fourth-order valence-corrected chi connectivity index (χ4v) is 1.93. The molecule has 1 aromatic heterocycles. The zero-order valence-corrected chi connectivity index (χ0v) is 10.8. The molecule has 0 saturated carbocycles. The van der Waals surface area contributed by atoms with Crippen LogP contribution in [0.1, 0.15) is 11.3 Å². The van der Waals surface area contributed by atoms with Gasteiger partial charge in [-0.1, -0.05) is 10.6 Å². The van der Waals surface area contributed by atoms with Crippen molar-refractivity contribution in [1.82, 2.24) is 9.59 Å². The van der Waals surface area contributed by atoms with Gasteiger partial charge in [0.1, 0.15) is 12.3 Å². The molecule has 0 aliphatic heterocycles. The number of nitrogen functional groups attached to an aromatic ring is 1. The fraction of sp³-hybridized carbons (Fsp3) is 0.200. The van der Waals surface area contributed by atoms with Gasteiger partial charge in [-0.05, 0) is 18.6 Å². The van der Waals surface area contributed by atoms with Crippen LogP contribution in [0, 0.1) is 17.0 Å². The molecular formula is C10H11N5O3S. The number of nitro groups is 1. The van der Waals surface area contributed by atoms with Gasteiger partial charge >= 0.3 is 5.69 Å². The lowest BCUT2D eigenvalue weighted by Gasteiger charge is -2.06. The van der Waals surface area contributed by atoms with E-state index in [4.69, 9.17) is 10.6 Å². The van der Waals surface area contributed by atoms with Crippen LogP contribution in [0.4, 0.5) is 10.7 Å². The van der Waals surface area contributed by atoms with Gasteiger partial charge in [0.25, 0.3) is 0 Å². The van der Waals surface area contributed by atoms with Gasteiger partial charge in [-0.3, -0.25) is 10.1 Å². The molecule has 0 aliphatic carbocycles.